The molecule has 1 saturated heterocycles. The SMILES string of the molecule is CC(=O)OC[C@@H]1O[C@@H](n2cnc3c(Nc4ccccn4)nc(C#N)nc32)[C@H](OC(C)=O)[C@@H]1OC(C)=O. The number of esters is 3. The first kappa shape index (κ1) is 24.5. The summed E-state index contributed by atoms with van der Waals surface area (Å²) < 4.78 is 23.4. The van der Waals surface area contributed by atoms with Crippen molar-refractivity contribution in [2.45, 2.75) is 45.3 Å². The second-order valence-corrected chi connectivity index (χ2v) is 7.69. The lowest BCUT2D eigenvalue weighted by molar-refractivity contribution is -0.166. The first-order chi connectivity index (χ1) is 17.3. The topological polar surface area (TPSA) is 180 Å². The minimum atomic E-state index is -1.14. The molecule has 4 atom stereocenters. The van der Waals surface area contributed by atoms with Crippen molar-refractivity contribution in [1.29, 1.82) is 5.26 Å². The Kier molecular flexibility index (Phi) is 7.02. The predicted octanol–water partition coefficient (Wildman–Crippen LogP) is 1.16. The van der Waals surface area contributed by atoms with Gasteiger partial charge in [-0.1, -0.05) is 6.07 Å². The third-order valence-electron chi connectivity index (χ3n) is 5.05. The largest absolute Gasteiger partial charge is 0.463 e. The van der Waals surface area contributed by atoms with Crippen LogP contribution in [0.25, 0.3) is 11.2 Å². The number of rotatable bonds is 7. The number of anilines is 2. The number of pyridine rings is 1. The quantitative estimate of drug-likeness (QED) is 0.364. The molecule has 4 rings (SSSR count). The third kappa shape index (κ3) is 5.20. The molecule has 4 heterocycles. The van der Waals surface area contributed by atoms with Crippen LogP contribution in [-0.4, -0.2) is 67.3 Å². The summed E-state index contributed by atoms with van der Waals surface area (Å²) in [5.74, 6) is -1.38. The van der Waals surface area contributed by atoms with E-state index in [0.29, 0.717) is 5.82 Å². The summed E-state index contributed by atoms with van der Waals surface area (Å²) >= 11 is 0. The number of ether oxygens (including phenoxy) is 4. The first-order valence-corrected chi connectivity index (χ1v) is 10.7. The minimum Gasteiger partial charge on any atom is -0.463 e. The number of carbonyl (C=O) groups is 3. The van der Waals surface area contributed by atoms with Gasteiger partial charge < -0.3 is 24.3 Å². The first-order valence-electron chi connectivity index (χ1n) is 10.7. The monoisotopic (exact) mass is 495 g/mol. The van der Waals surface area contributed by atoms with E-state index in [0.717, 1.165) is 0 Å². The van der Waals surface area contributed by atoms with Crippen LogP contribution in [0.3, 0.4) is 0 Å². The predicted molar refractivity (Wildman–Crippen MR) is 119 cm³/mol. The summed E-state index contributed by atoms with van der Waals surface area (Å²) in [5.41, 5.74) is 0.453. The molecule has 186 valence electrons. The third-order valence-corrected chi connectivity index (χ3v) is 5.05. The molecule has 0 spiro atoms. The lowest BCUT2D eigenvalue weighted by Gasteiger charge is -2.23. The fourth-order valence-corrected chi connectivity index (χ4v) is 3.71. The highest BCUT2D eigenvalue weighted by Crippen LogP contribution is 2.36. The van der Waals surface area contributed by atoms with Crippen molar-refractivity contribution in [3.63, 3.8) is 0 Å². The van der Waals surface area contributed by atoms with Gasteiger partial charge in [0.2, 0.25) is 5.82 Å². The number of nitriles is 1. The summed E-state index contributed by atoms with van der Waals surface area (Å²) in [5, 5.41) is 12.5. The normalized spacial score (nSPS) is 20.9. The maximum Gasteiger partial charge on any atom is 0.303 e. The molecular formula is C22H21N7O7. The van der Waals surface area contributed by atoms with Crippen LogP contribution in [0.2, 0.25) is 0 Å². The zero-order chi connectivity index (χ0) is 25.8. The zero-order valence-corrected chi connectivity index (χ0v) is 19.4. The van der Waals surface area contributed by atoms with E-state index in [1.165, 1.54) is 31.7 Å². The van der Waals surface area contributed by atoms with E-state index in [-0.39, 0.29) is 29.4 Å². The van der Waals surface area contributed by atoms with E-state index in [2.05, 4.69) is 25.3 Å². The van der Waals surface area contributed by atoms with E-state index in [1.807, 2.05) is 6.07 Å². The highest BCUT2D eigenvalue weighted by atomic mass is 16.7. The number of fused-ring (bicyclic) bond motifs is 1. The molecule has 0 radical (unpaired) electrons. The van der Waals surface area contributed by atoms with Gasteiger partial charge >= 0.3 is 17.9 Å². The van der Waals surface area contributed by atoms with Gasteiger partial charge in [-0.15, -0.1) is 0 Å². The highest BCUT2D eigenvalue weighted by Gasteiger charge is 2.51. The van der Waals surface area contributed by atoms with Crippen LogP contribution < -0.4 is 5.32 Å². The summed E-state index contributed by atoms with van der Waals surface area (Å²) in [4.78, 5) is 52.1. The Morgan fingerprint density at radius 2 is 1.83 bits per heavy atom. The highest BCUT2D eigenvalue weighted by molar-refractivity contribution is 5.85. The molecule has 0 amide bonds. The molecule has 1 aliphatic rings. The van der Waals surface area contributed by atoms with E-state index in [1.54, 1.807) is 24.4 Å². The number of nitrogens with zero attached hydrogens (tertiary/aromatic N) is 6. The maximum atomic E-state index is 11.9. The molecule has 36 heavy (non-hydrogen) atoms. The van der Waals surface area contributed by atoms with Crippen LogP contribution in [0.5, 0.6) is 0 Å². The Labute approximate surface area is 204 Å². The molecule has 1 aliphatic heterocycles. The van der Waals surface area contributed by atoms with Crippen molar-refractivity contribution in [2.75, 3.05) is 11.9 Å². The van der Waals surface area contributed by atoms with Crippen molar-refractivity contribution in [3.05, 3.63) is 36.5 Å². The standard InChI is InChI=1S/C22H21N7O7/c1-11(30)33-9-14-18(34-12(2)31)19(35-13(3)32)22(36-14)29-10-25-17-20(26-15-6-4-5-7-24-15)27-16(8-23)28-21(17)29/h4-7,10,14,18-19,22H,9H2,1-3H3,(H,24,26,27,28)/t14-,18+,19+,22+/m0/s1. The lowest BCUT2D eigenvalue weighted by Crippen LogP contribution is -2.40. The van der Waals surface area contributed by atoms with Crippen LogP contribution >= 0.6 is 0 Å². The Hall–Kier alpha value is -4.64. The molecule has 0 bridgehead atoms. The number of hydrogen-bond acceptors (Lipinski definition) is 13. The molecule has 3 aromatic heterocycles. The van der Waals surface area contributed by atoms with E-state index in [9.17, 15) is 19.6 Å². The Morgan fingerprint density at radius 3 is 2.47 bits per heavy atom. The average Bonchev–Trinajstić information content (AvgIpc) is 3.39. The van der Waals surface area contributed by atoms with Gasteiger partial charge in [-0.3, -0.25) is 19.0 Å². The van der Waals surface area contributed by atoms with Gasteiger partial charge in [-0.2, -0.15) is 15.2 Å². The summed E-state index contributed by atoms with van der Waals surface area (Å²) in [6.45, 7) is 3.34. The number of aromatic nitrogens is 5. The van der Waals surface area contributed by atoms with Crippen LogP contribution in [-0.2, 0) is 33.3 Å². The second-order valence-electron chi connectivity index (χ2n) is 7.69. The number of nitrogens with one attached hydrogen (secondary N) is 1. The number of hydrogen-bond donors (Lipinski definition) is 1. The summed E-state index contributed by atoms with van der Waals surface area (Å²) in [7, 11) is 0. The molecule has 0 saturated carbocycles. The molecule has 14 nitrogen and oxygen atoms in total. The van der Waals surface area contributed by atoms with Gasteiger partial charge in [0.25, 0.3) is 0 Å². The van der Waals surface area contributed by atoms with Crippen molar-refractivity contribution in [2.24, 2.45) is 0 Å². The van der Waals surface area contributed by atoms with Crippen molar-refractivity contribution >= 4 is 40.7 Å². The number of carbonyl (C=O) groups excluding carboxylic acids is 3. The Balaban J connectivity index is 1.78. The molecule has 0 aromatic carbocycles. The van der Waals surface area contributed by atoms with Crippen LogP contribution in [0, 0.1) is 11.3 Å². The number of imidazole rings is 1. The fraction of sp³-hybridized carbons (Fsp3) is 0.364. The summed E-state index contributed by atoms with van der Waals surface area (Å²) in [6, 6.07) is 7.12. The van der Waals surface area contributed by atoms with Gasteiger partial charge in [0.1, 0.15) is 24.6 Å². The van der Waals surface area contributed by atoms with E-state index in [4.69, 9.17) is 18.9 Å². The van der Waals surface area contributed by atoms with Crippen molar-refractivity contribution in [3.8, 4) is 6.07 Å². The molecule has 1 N–H and O–H groups in total. The smallest absolute Gasteiger partial charge is 0.303 e. The molecular weight excluding hydrogens is 474 g/mol. The van der Waals surface area contributed by atoms with Crippen LogP contribution in [0.4, 0.5) is 11.6 Å². The molecule has 3 aromatic rings. The van der Waals surface area contributed by atoms with Crippen LogP contribution in [0.15, 0.2) is 30.7 Å². The van der Waals surface area contributed by atoms with Crippen molar-refractivity contribution < 1.29 is 33.3 Å². The van der Waals surface area contributed by atoms with Gasteiger partial charge in [-0.25, -0.2) is 9.97 Å². The Morgan fingerprint density at radius 1 is 1.08 bits per heavy atom. The minimum absolute atomic E-state index is 0.169. The Bertz CT molecular complexity index is 1340. The van der Waals surface area contributed by atoms with Crippen molar-refractivity contribution in [1.82, 2.24) is 24.5 Å². The maximum absolute atomic E-state index is 11.9. The fourth-order valence-electron chi connectivity index (χ4n) is 3.71. The van der Waals surface area contributed by atoms with Gasteiger partial charge in [-0.05, 0) is 12.1 Å². The van der Waals surface area contributed by atoms with Gasteiger partial charge in [0.05, 0.1) is 6.33 Å². The molecule has 1 fully saturated rings. The van der Waals surface area contributed by atoms with Gasteiger partial charge in [0.15, 0.2) is 35.4 Å². The molecule has 0 unspecified atom stereocenters. The van der Waals surface area contributed by atoms with E-state index < -0.39 is 42.4 Å². The lowest BCUT2D eigenvalue weighted by atomic mass is 10.1. The van der Waals surface area contributed by atoms with Gasteiger partial charge in [0, 0.05) is 27.0 Å². The van der Waals surface area contributed by atoms with E-state index >= 15 is 0 Å². The summed E-state index contributed by atoms with van der Waals surface area (Å²) in [6.07, 6.45) is -1.35. The second kappa shape index (κ2) is 10.3. The average molecular weight is 495 g/mol. The zero-order valence-electron chi connectivity index (χ0n) is 19.4. The van der Waals surface area contributed by atoms with Crippen LogP contribution in [0.1, 0.15) is 32.8 Å². The molecule has 14 heteroatoms. The molecule has 0 aliphatic carbocycles.